The van der Waals surface area contributed by atoms with Crippen LogP contribution >= 0.6 is 11.8 Å². The molecule has 43 heavy (non-hydrogen) atoms. The highest BCUT2D eigenvalue weighted by Crippen LogP contribution is 2.51. The number of fused-ring (bicyclic) bond motifs is 6. The minimum atomic E-state index is -0.455. The van der Waals surface area contributed by atoms with Gasteiger partial charge in [0, 0.05) is 32.4 Å². The van der Waals surface area contributed by atoms with Crippen molar-refractivity contribution in [1.29, 1.82) is 5.26 Å². The quantitative estimate of drug-likeness (QED) is 0.213. The second-order valence-corrected chi connectivity index (χ2v) is 13.7. The summed E-state index contributed by atoms with van der Waals surface area (Å²) in [5, 5.41) is 14.9. The molecule has 0 saturated carbocycles. The summed E-state index contributed by atoms with van der Waals surface area (Å²) < 4.78 is 2.23. The van der Waals surface area contributed by atoms with E-state index < -0.39 is 11.2 Å². The average Bonchev–Trinajstić information content (AvgIpc) is 3.62. The van der Waals surface area contributed by atoms with E-state index in [0.29, 0.717) is 10.8 Å². The lowest BCUT2D eigenvalue weighted by Crippen LogP contribution is -2.41. The van der Waals surface area contributed by atoms with Crippen LogP contribution in [0.2, 0.25) is 0 Å². The summed E-state index contributed by atoms with van der Waals surface area (Å²) in [5.41, 5.74) is 6.98. The minimum Gasteiger partial charge on any atom is -0.308 e. The summed E-state index contributed by atoms with van der Waals surface area (Å²) in [6, 6.07) is 32.2. The monoisotopic (exact) mass is 581 g/mol. The lowest BCUT2D eigenvalue weighted by atomic mass is 9.88. The number of hydrogen-bond acceptors (Lipinski definition) is 5. The Bertz CT molecular complexity index is 1990. The molecule has 1 aliphatic carbocycles. The van der Waals surface area contributed by atoms with Crippen molar-refractivity contribution in [3.05, 3.63) is 120 Å². The van der Waals surface area contributed by atoms with E-state index in [0.717, 1.165) is 33.5 Å². The Morgan fingerprint density at radius 2 is 1.49 bits per heavy atom. The maximum absolute atomic E-state index is 10.6. The van der Waals surface area contributed by atoms with Gasteiger partial charge in [-0.05, 0) is 81.3 Å². The Hall–Kier alpha value is -4.28. The summed E-state index contributed by atoms with van der Waals surface area (Å²) in [7, 11) is 0. The zero-order chi connectivity index (χ0) is 29.5. The molecule has 2 unspecified atom stereocenters. The molecule has 8 rings (SSSR count). The van der Waals surface area contributed by atoms with Gasteiger partial charge in [-0.2, -0.15) is 5.26 Å². The number of nitriles is 1. The van der Waals surface area contributed by atoms with Crippen molar-refractivity contribution in [1.82, 2.24) is 9.79 Å². The molecule has 6 heteroatoms. The first-order valence-corrected chi connectivity index (χ1v) is 15.5. The van der Waals surface area contributed by atoms with Gasteiger partial charge in [-0.25, -0.2) is 9.68 Å². The molecule has 5 aromatic rings. The zero-order valence-electron chi connectivity index (χ0n) is 24.5. The SMILES string of the molecule is CC1(C)ON(C2=CC3c4cc(-c5cccc(-n6c7ccccc7c7ccccc76)c5C#N)ccc4SC3C=C2)OC1(C)C. The molecule has 5 nitrogen and oxygen atoms in total. The van der Waals surface area contributed by atoms with Crippen molar-refractivity contribution in [2.75, 3.05) is 0 Å². The fourth-order valence-electron chi connectivity index (χ4n) is 6.40. The van der Waals surface area contributed by atoms with Crippen LogP contribution in [-0.2, 0) is 9.68 Å². The standard InChI is InChI=1S/C37H31N3O2S/c1-36(2)37(3,4)42-40(41-36)24-17-19-35-29(21-24)28-20-23(16-18-34(28)43-35)25-12-9-15-33(30(25)22-38)39-31-13-7-5-10-26(31)27-11-6-8-14-32(27)39/h5-21,29,35H,1-4H3. The van der Waals surface area contributed by atoms with Crippen LogP contribution in [0, 0.1) is 11.3 Å². The number of hydroxylamine groups is 2. The van der Waals surface area contributed by atoms with Crippen LogP contribution in [0.15, 0.2) is 114 Å². The Kier molecular flexibility index (Phi) is 5.74. The van der Waals surface area contributed by atoms with E-state index in [2.05, 4.69) is 141 Å². The molecule has 4 aromatic carbocycles. The molecule has 0 N–H and O–H groups in total. The molecule has 2 aliphatic heterocycles. The lowest BCUT2D eigenvalue weighted by Gasteiger charge is -2.26. The molecular weight excluding hydrogens is 550 g/mol. The second kappa shape index (κ2) is 9.36. The van der Waals surface area contributed by atoms with E-state index in [9.17, 15) is 5.26 Å². The molecule has 1 saturated heterocycles. The van der Waals surface area contributed by atoms with Gasteiger partial charge in [0.05, 0.1) is 28.0 Å². The van der Waals surface area contributed by atoms with Gasteiger partial charge in [0.15, 0.2) is 0 Å². The van der Waals surface area contributed by atoms with Gasteiger partial charge in [-0.3, -0.25) is 0 Å². The van der Waals surface area contributed by atoms with E-state index in [1.54, 1.807) is 5.23 Å². The summed E-state index contributed by atoms with van der Waals surface area (Å²) in [6.07, 6.45) is 6.60. The zero-order valence-corrected chi connectivity index (χ0v) is 25.4. The highest BCUT2D eigenvalue weighted by molar-refractivity contribution is 8.00. The van der Waals surface area contributed by atoms with Crippen molar-refractivity contribution in [3.8, 4) is 22.9 Å². The van der Waals surface area contributed by atoms with E-state index in [-0.39, 0.29) is 5.92 Å². The van der Waals surface area contributed by atoms with Gasteiger partial charge in [0.1, 0.15) is 17.3 Å². The molecule has 1 fully saturated rings. The van der Waals surface area contributed by atoms with E-state index in [1.807, 2.05) is 11.8 Å². The molecule has 0 radical (unpaired) electrons. The van der Waals surface area contributed by atoms with Gasteiger partial charge in [-0.1, -0.05) is 60.7 Å². The predicted octanol–water partition coefficient (Wildman–Crippen LogP) is 9.07. The Morgan fingerprint density at radius 1 is 0.814 bits per heavy atom. The number of nitrogens with zero attached hydrogens (tertiary/aromatic N) is 3. The second-order valence-electron chi connectivity index (χ2n) is 12.5. The molecule has 2 atom stereocenters. The van der Waals surface area contributed by atoms with Crippen LogP contribution in [0.3, 0.4) is 0 Å². The third-order valence-electron chi connectivity index (χ3n) is 9.36. The van der Waals surface area contributed by atoms with Crippen LogP contribution in [0.1, 0.15) is 44.7 Å². The third-order valence-corrected chi connectivity index (χ3v) is 10.7. The van der Waals surface area contributed by atoms with Crippen LogP contribution in [0.4, 0.5) is 0 Å². The summed E-state index contributed by atoms with van der Waals surface area (Å²) in [5.74, 6) is 0.171. The molecule has 0 bridgehead atoms. The molecule has 212 valence electrons. The minimum absolute atomic E-state index is 0.171. The number of allylic oxidation sites excluding steroid dienone is 2. The summed E-state index contributed by atoms with van der Waals surface area (Å²) >= 11 is 1.88. The molecule has 1 aromatic heterocycles. The summed E-state index contributed by atoms with van der Waals surface area (Å²) in [6.45, 7) is 8.21. The highest BCUT2D eigenvalue weighted by Gasteiger charge is 2.50. The van der Waals surface area contributed by atoms with Crippen LogP contribution in [0.5, 0.6) is 0 Å². The first-order valence-electron chi connectivity index (χ1n) is 14.7. The first-order chi connectivity index (χ1) is 20.8. The number of aromatic nitrogens is 1. The van der Waals surface area contributed by atoms with Gasteiger partial charge >= 0.3 is 0 Å². The van der Waals surface area contributed by atoms with Crippen molar-refractivity contribution in [2.45, 2.75) is 55.0 Å². The smallest absolute Gasteiger partial charge is 0.124 e. The largest absolute Gasteiger partial charge is 0.308 e. The molecule has 3 heterocycles. The molecule has 0 spiro atoms. The fourth-order valence-corrected chi connectivity index (χ4v) is 7.70. The maximum atomic E-state index is 10.6. The van der Waals surface area contributed by atoms with Crippen molar-refractivity contribution in [3.63, 3.8) is 0 Å². The van der Waals surface area contributed by atoms with Crippen molar-refractivity contribution >= 4 is 33.6 Å². The predicted molar refractivity (Wildman–Crippen MR) is 173 cm³/mol. The van der Waals surface area contributed by atoms with Gasteiger partial charge < -0.3 is 4.57 Å². The molecular formula is C37H31N3O2S. The van der Waals surface area contributed by atoms with Gasteiger partial charge in [-0.15, -0.1) is 17.0 Å². The normalized spacial score (nSPS) is 21.6. The van der Waals surface area contributed by atoms with E-state index in [4.69, 9.17) is 9.68 Å². The number of para-hydroxylation sites is 2. The number of rotatable bonds is 3. The maximum Gasteiger partial charge on any atom is 0.124 e. The Balaban J connectivity index is 1.22. The average molecular weight is 582 g/mol. The Labute approximate surface area is 255 Å². The van der Waals surface area contributed by atoms with Crippen LogP contribution < -0.4 is 0 Å². The van der Waals surface area contributed by atoms with Crippen molar-refractivity contribution in [2.24, 2.45) is 0 Å². The number of hydrogen-bond donors (Lipinski definition) is 0. The molecule has 0 amide bonds. The lowest BCUT2D eigenvalue weighted by molar-refractivity contribution is -0.300. The van der Waals surface area contributed by atoms with E-state index >= 15 is 0 Å². The fraction of sp³-hybridized carbons (Fsp3) is 0.216. The Morgan fingerprint density at radius 3 is 2.16 bits per heavy atom. The molecule has 3 aliphatic rings. The van der Waals surface area contributed by atoms with Gasteiger partial charge in [0.2, 0.25) is 0 Å². The topological polar surface area (TPSA) is 50.4 Å². The summed E-state index contributed by atoms with van der Waals surface area (Å²) in [4.78, 5) is 13.7. The highest BCUT2D eigenvalue weighted by atomic mass is 32.2. The van der Waals surface area contributed by atoms with Gasteiger partial charge in [0.25, 0.3) is 0 Å². The van der Waals surface area contributed by atoms with Crippen LogP contribution in [0.25, 0.3) is 38.6 Å². The number of thioether (sulfide) groups is 1. The first kappa shape index (κ1) is 26.4. The third kappa shape index (κ3) is 3.93. The van der Waals surface area contributed by atoms with E-state index in [1.165, 1.54) is 21.2 Å². The van der Waals surface area contributed by atoms with Crippen molar-refractivity contribution < 1.29 is 9.68 Å². The van der Waals surface area contributed by atoms with Crippen LogP contribution in [-0.4, -0.2) is 26.2 Å². The number of benzene rings is 4.